The number of carbonyl (C=O) groups is 2. The van der Waals surface area contributed by atoms with Gasteiger partial charge in [0.05, 0.1) is 24.4 Å². The number of Topliss-reactive ketones (excluding diaryl/α,β-unsaturated/α-hetero) is 1. The van der Waals surface area contributed by atoms with Crippen molar-refractivity contribution in [2.75, 3.05) is 12.4 Å². The molecule has 1 aromatic heterocycles. The van der Waals surface area contributed by atoms with Crippen LogP contribution in [0, 0.1) is 6.92 Å². The molecule has 1 aliphatic heterocycles. The maximum Gasteiger partial charge on any atom is 0.226 e. The van der Waals surface area contributed by atoms with Gasteiger partial charge < -0.3 is 15.2 Å². The molecule has 4 rings (SSSR count). The second-order valence-electron chi connectivity index (χ2n) is 6.79. The molecule has 1 aliphatic rings. The fourth-order valence-corrected chi connectivity index (χ4v) is 3.70. The van der Waals surface area contributed by atoms with E-state index in [1.54, 1.807) is 35.9 Å². The van der Waals surface area contributed by atoms with Gasteiger partial charge in [0.15, 0.2) is 17.3 Å². The minimum atomic E-state index is -0.686. The van der Waals surface area contributed by atoms with Crippen LogP contribution in [0.25, 0.3) is 5.69 Å². The van der Waals surface area contributed by atoms with Crippen molar-refractivity contribution in [3.63, 3.8) is 0 Å². The van der Waals surface area contributed by atoms with E-state index in [-0.39, 0.29) is 29.6 Å². The summed E-state index contributed by atoms with van der Waals surface area (Å²) in [4.78, 5) is 25.7. The predicted octanol–water partition coefficient (Wildman–Crippen LogP) is 3.86. The van der Waals surface area contributed by atoms with Gasteiger partial charge in [0.2, 0.25) is 5.91 Å². The number of hydrogen-bond acceptors (Lipinski definition) is 5. The third-order valence-electron chi connectivity index (χ3n) is 4.95. The van der Waals surface area contributed by atoms with E-state index in [1.165, 1.54) is 25.3 Å². The molecule has 1 atom stereocenters. The van der Waals surface area contributed by atoms with Crippen molar-refractivity contribution in [3.8, 4) is 17.2 Å². The van der Waals surface area contributed by atoms with E-state index in [4.69, 9.17) is 16.3 Å². The number of carbonyl (C=O) groups excluding carboxylic acids is 2. The number of benzene rings is 2. The zero-order chi connectivity index (χ0) is 20.7. The first kappa shape index (κ1) is 19.0. The van der Waals surface area contributed by atoms with Crippen LogP contribution < -0.4 is 10.1 Å². The standard InChI is InChI=1S/C21H18ClN3O4/c1-11-19-15(20(28)12-3-8-16(26)17(9-12)29-2)10-18(27)23-21(19)25(24-11)14-6-4-13(22)5-7-14/h3-9,15,26H,10H2,1-2H3,(H,23,27). The van der Waals surface area contributed by atoms with Gasteiger partial charge in [0.25, 0.3) is 0 Å². The fourth-order valence-electron chi connectivity index (χ4n) is 3.57. The molecule has 0 bridgehead atoms. The van der Waals surface area contributed by atoms with Crippen LogP contribution in [0.2, 0.25) is 5.02 Å². The van der Waals surface area contributed by atoms with Crippen molar-refractivity contribution in [2.24, 2.45) is 0 Å². The van der Waals surface area contributed by atoms with Crippen molar-refractivity contribution >= 4 is 29.1 Å². The molecule has 0 aliphatic carbocycles. The number of phenolic OH excluding ortho intramolecular Hbond substituents is 1. The lowest BCUT2D eigenvalue weighted by Gasteiger charge is -2.23. The van der Waals surface area contributed by atoms with Gasteiger partial charge in [-0.3, -0.25) is 9.59 Å². The minimum Gasteiger partial charge on any atom is -0.504 e. The monoisotopic (exact) mass is 411 g/mol. The Balaban J connectivity index is 1.80. The maximum absolute atomic E-state index is 13.3. The Morgan fingerprint density at radius 2 is 2.00 bits per heavy atom. The normalized spacial score (nSPS) is 15.6. The summed E-state index contributed by atoms with van der Waals surface area (Å²) in [7, 11) is 1.41. The van der Waals surface area contributed by atoms with Crippen molar-refractivity contribution in [1.29, 1.82) is 0 Å². The maximum atomic E-state index is 13.3. The third kappa shape index (κ3) is 3.34. The second-order valence-corrected chi connectivity index (χ2v) is 7.23. The minimum absolute atomic E-state index is 0.0160. The number of nitrogens with zero attached hydrogens (tertiary/aromatic N) is 2. The number of aromatic nitrogens is 2. The Morgan fingerprint density at radius 3 is 2.69 bits per heavy atom. The Morgan fingerprint density at radius 1 is 1.28 bits per heavy atom. The lowest BCUT2D eigenvalue weighted by atomic mass is 9.85. The molecular formula is C21H18ClN3O4. The van der Waals surface area contributed by atoms with Gasteiger partial charge in [0.1, 0.15) is 5.82 Å². The smallest absolute Gasteiger partial charge is 0.226 e. The number of ketones is 1. The van der Waals surface area contributed by atoms with Crippen LogP contribution in [0.1, 0.15) is 34.0 Å². The number of amides is 1. The highest BCUT2D eigenvalue weighted by Crippen LogP contribution is 2.39. The molecule has 7 nitrogen and oxygen atoms in total. The number of rotatable bonds is 4. The summed E-state index contributed by atoms with van der Waals surface area (Å²) < 4.78 is 6.71. The van der Waals surface area contributed by atoms with Crippen LogP contribution in [0.4, 0.5) is 5.82 Å². The first-order chi connectivity index (χ1) is 13.9. The van der Waals surface area contributed by atoms with E-state index in [2.05, 4.69) is 10.4 Å². The van der Waals surface area contributed by atoms with Crippen molar-refractivity contribution < 1.29 is 19.4 Å². The van der Waals surface area contributed by atoms with E-state index in [0.717, 1.165) is 5.69 Å². The largest absolute Gasteiger partial charge is 0.504 e. The molecule has 8 heteroatoms. The fraction of sp³-hybridized carbons (Fsp3) is 0.190. The first-order valence-corrected chi connectivity index (χ1v) is 9.33. The Labute approximate surface area is 171 Å². The first-order valence-electron chi connectivity index (χ1n) is 8.95. The van der Waals surface area contributed by atoms with E-state index in [0.29, 0.717) is 27.7 Å². The molecular weight excluding hydrogens is 394 g/mol. The van der Waals surface area contributed by atoms with Crippen LogP contribution in [0.3, 0.4) is 0 Å². The highest BCUT2D eigenvalue weighted by Gasteiger charge is 2.36. The number of nitrogens with one attached hydrogen (secondary N) is 1. The lowest BCUT2D eigenvalue weighted by molar-refractivity contribution is -0.116. The zero-order valence-corrected chi connectivity index (χ0v) is 16.5. The van der Waals surface area contributed by atoms with E-state index < -0.39 is 5.92 Å². The Bertz CT molecular complexity index is 1120. The number of aryl methyl sites for hydroxylation is 1. The summed E-state index contributed by atoms with van der Waals surface area (Å²) >= 11 is 5.97. The second kappa shape index (κ2) is 7.25. The number of halogens is 1. The van der Waals surface area contributed by atoms with Gasteiger partial charge in [-0.1, -0.05) is 11.6 Å². The van der Waals surface area contributed by atoms with Gasteiger partial charge >= 0.3 is 0 Å². The molecule has 0 spiro atoms. The van der Waals surface area contributed by atoms with Gasteiger partial charge in [-0.05, 0) is 49.4 Å². The number of aromatic hydroxyl groups is 1. The summed E-state index contributed by atoms with van der Waals surface area (Å²) in [6.45, 7) is 1.81. The van der Waals surface area contributed by atoms with Crippen LogP contribution in [0.15, 0.2) is 42.5 Å². The van der Waals surface area contributed by atoms with E-state index in [9.17, 15) is 14.7 Å². The van der Waals surface area contributed by atoms with Crippen LogP contribution in [-0.2, 0) is 4.79 Å². The van der Waals surface area contributed by atoms with Gasteiger partial charge in [-0.15, -0.1) is 0 Å². The molecule has 2 N–H and O–H groups in total. The number of methoxy groups -OCH3 is 1. The summed E-state index contributed by atoms with van der Waals surface area (Å²) in [6, 6.07) is 11.4. The van der Waals surface area contributed by atoms with E-state index >= 15 is 0 Å². The van der Waals surface area contributed by atoms with Crippen LogP contribution in [0.5, 0.6) is 11.5 Å². The molecule has 148 valence electrons. The Hall–Kier alpha value is -3.32. The van der Waals surface area contributed by atoms with Crippen molar-refractivity contribution in [2.45, 2.75) is 19.3 Å². The van der Waals surface area contributed by atoms with Gasteiger partial charge in [-0.25, -0.2) is 4.68 Å². The molecule has 3 aromatic rings. The number of hydrogen-bond donors (Lipinski definition) is 2. The summed E-state index contributed by atoms with van der Waals surface area (Å²) in [5.74, 6) is -0.572. The average molecular weight is 412 g/mol. The SMILES string of the molecule is COc1cc(C(=O)C2CC(=O)Nc3c2c(C)nn3-c2ccc(Cl)cc2)ccc1O. The average Bonchev–Trinajstić information content (AvgIpc) is 3.04. The molecule has 2 heterocycles. The summed E-state index contributed by atoms with van der Waals surface area (Å²) in [6.07, 6.45) is 0.0160. The van der Waals surface area contributed by atoms with Gasteiger partial charge in [0, 0.05) is 22.6 Å². The summed E-state index contributed by atoms with van der Waals surface area (Å²) in [5.41, 5.74) is 2.40. The topological polar surface area (TPSA) is 93.5 Å². The summed E-state index contributed by atoms with van der Waals surface area (Å²) in [5, 5.41) is 17.8. The van der Waals surface area contributed by atoms with Crippen LogP contribution >= 0.6 is 11.6 Å². The molecule has 2 aromatic carbocycles. The highest BCUT2D eigenvalue weighted by atomic mass is 35.5. The third-order valence-corrected chi connectivity index (χ3v) is 5.21. The number of ether oxygens (including phenoxy) is 1. The number of phenols is 1. The number of fused-ring (bicyclic) bond motifs is 1. The van der Waals surface area contributed by atoms with Crippen LogP contribution in [-0.4, -0.2) is 33.7 Å². The molecule has 0 saturated heterocycles. The van der Waals surface area contributed by atoms with Crippen molar-refractivity contribution in [3.05, 3.63) is 64.3 Å². The molecule has 1 unspecified atom stereocenters. The molecule has 0 saturated carbocycles. The Kier molecular flexibility index (Phi) is 4.76. The quantitative estimate of drug-likeness (QED) is 0.636. The number of anilines is 1. The van der Waals surface area contributed by atoms with E-state index in [1.807, 2.05) is 0 Å². The molecule has 0 fully saturated rings. The van der Waals surface area contributed by atoms with Crippen molar-refractivity contribution in [1.82, 2.24) is 9.78 Å². The molecule has 1 amide bonds. The van der Waals surface area contributed by atoms with Gasteiger partial charge in [-0.2, -0.15) is 5.10 Å². The highest BCUT2D eigenvalue weighted by molar-refractivity contribution is 6.30. The lowest BCUT2D eigenvalue weighted by Crippen LogP contribution is -2.28. The predicted molar refractivity (Wildman–Crippen MR) is 108 cm³/mol. The molecule has 0 radical (unpaired) electrons. The zero-order valence-electron chi connectivity index (χ0n) is 15.8. The molecule has 29 heavy (non-hydrogen) atoms.